The number of hydrogen-bond donors (Lipinski definition) is 1. The third-order valence-electron chi connectivity index (χ3n) is 2.90. The second-order valence-corrected chi connectivity index (χ2v) is 6.98. The molecule has 0 saturated carbocycles. The standard InChI is InChI=1S/C14H14BrNO2S/c15-13-8-6-12(7-9-13)14(19(16,17)18)10-11-4-2-1-3-5-11/h1-9,14H,10H2,(H2,16,17,18). The molecule has 0 aliphatic rings. The normalized spacial score (nSPS) is 13.2. The van der Waals surface area contributed by atoms with E-state index in [0.717, 1.165) is 10.0 Å². The second-order valence-electron chi connectivity index (χ2n) is 4.32. The predicted octanol–water partition coefficient (Wildman–Crippen LogP) is 3.02. The van der Waals surface area contributed by atoms with Crippen molar-refractivity contribution < 1.29 is 8.42 Å². The van der Waals surface area contributed by atoms with Gasteiger partial charge in [0, 0.05) is 4.47 Å². The Kier molecular flexibility index (Phi) is 4.39. The van der Waals surface area contributed by atoms with Crippen molar-refractivity contribution in [1.82, 2.24) is 0 Å². The van der Waals surface area contributed by atoms with Crippen LogP contribution in [0.4, 0.5) is 0 Å². The molecule has 0 amide bonds. The van der Waals surface area contributed by atoms with Crippen LogP contribution >= 0.6 is 15.9 Å². The van der Waals surface area contributed by atoms with Crippen molar-refractivity contribution >= 4 is 26.0 Å². The van der Waals surface area contributed by atoms with Crippen molar-refractivity contribution in [1.29, 1.82) is 0 Å². The molecular formula is C14H14BrNO2S. The van der Waals surface area contributed by atoms with E-state index in [9.17, 15) is 8.42 Å². The van der Waals surface area contributed by atoms with Crippen molar-refractivity contribution in [3.63, 3.8) is 0 Å². The van der Waals surface area contributed by atoms with E-state index < -0.39 is 15.3 Å². The van der Waals surface area contributed by atoms with Crippen LogP contribution in [0, 0.1) is 0 Å². The Labute approximate surface area is 121 Å². The topological polar surface area (TPSA) is 60.2 Å². The lowest BCUT2D eigenvalue weighted by molar-refractivity contribution is 0.582. The van der Waals surface area contributed by atoms with Crippen LogP contribution in [-0.2, 0) is 16.4 Å². The first-order valence-corrected chi connectivity index (χ1v) is 8.18. The van der Waals surface area contributed by atoms with Crippen molar-refractivity contribution in [3.8, 4) is 0 Å². The first-order valence-electron chi connectivity index (χ1n) is 5.78. The molecule has 0 radical (unpaired) electrons. The van der Waals surface area contributed by atoms with Crippen molar-refractivity contribution in [2.24, 2.45) is 5.14 Å². The van der Waals surface area contributed by atoms with E-state index in [0.29, 0.717) is 12.0 Å². The summed E-state index contributed by atoms with van der Waals surface area (Å²) < 4.78 is 24.5. The molecule has 2 N–H and O–H groups in total. The van der Waals surface area contributed by atoms with Gasteiger partial charge in [-0.15, -0.1) is 0 Å². The molecule has 100 valence electrons. The molecule has 0 aliphatic carbocycles. The molecule has 1 atom stereocenters. The number of rotatable bonds is 4. The lowest BCUT2D eigenvalue weighted by Crippen LogP contribution is -2.23. The van der Waals surface area contributed by atoms with Crippen molar-refractivity contribution in [2.75, 3.05) is 0 Å². The van der Waals surface area contributed by atoms with Crippen LogP contribution in [0.1, 0.15) is 16.4 Å². The fourth-order valence-electron chi connectivity index (χ4n) is 1.93. The van der Waals surface area contributed by atoms with Crippen LogP contribution < -0.4 is 5.14 Å². The summed E-state index contributed by atoms with van der Waals surface area (Å²) in [4.78, 5) is 0. The van der Waals surface area contributed by atoms with Crippen LogP contribution in [0.25, 0.3) is 0 Å². The Hall–Kier alpha value is -1.17. The van der Waals surface area contributed by atoms with E-state index in [2.05, 4.69) is 15.9 Å². The minimum atomic E-state index is -3.64. The Morgan fingerprint density at radius 3 is 2.11 bits per heavy atom. The molecule has 5 heteroatoms. The zero-order valence-corrected chi connectivity index (χ0v) is 12.6. The summed E-state index contributed by atoms with van der Waals surface area (Å²) in [6, 6.07) is 16.7. The highest BCUT2D eigenvalue weighted by Gasteiger charge is 2.23. The molecule has 2 aromatic rings. The maximum Gasteiger partial charge on any atom is 0.216 e. The minimum absolute atomic E-state index is 0.376. The van der Waals surface area contributed by atoms with Gasteiger partial charge in [0.15, 0.2) is 0 Å². The van der Waals surface area contributed by atoms with E-state index in [1.807, 2.05) is 42.5 Å². The molecule has 0 fully saturated rings. The molecule has 19 heavy (non-hydrogen) atoms. The summed E-state index contributed by atoms with van der Waals surface area (Å²) in [5.41, 5.74) is 1.65. The van der Waals surface area contributed by atoms with Gasteiger partial charge in [-0.25, -0.2) is 13.6 Å². The highest BCUT2D eigenvalue weighted by molar-refractivity contribution is 9.10. The van der Waals surface area contributed by atoms with Crippen LogP contribution in [0.15, 0.2) is 59.1 Å². The fraction of sp³-hybridized carbons (Fsp3) is 0.143. The number of sulfonamides is 1. The minimum Gasteiger partial charge on any atom is -0.228 e. The first-order chi connectivity index (χ1) is 8.97. The van der Waals surface area contributed by atoms with Gasteiger partial charge in [-0.05, 0) is 29.7 Å². The number of nitrogens with two attached hydrogens (primary N) is 1. The number of halogens is 1. The van der Waals surface area contributed by atoms with Gasteiger partial charge in [0.2, 0.25) is 10.0 Å². The Morgan fingerprint density at radius 2 is 1.58 bits per heavy atom. The van der Waals surface area contributed by atoms with Gasteiger partial charge in [0.25, 0.3) is 0 Å². The van der Waals surface area contributed by atoms with Gasteiger partial charge >= 0.3 is 0 Å². The Bertz CT molecular complexity index is 639. The van der Waals surface area contributed by atoms with Gasteiger partial charge in [0.1, 0.15) is 5.25 Å². The van der Waals surface area contributed by atoms with Gasteiger partial charge in [-0.2, -0.15) is 0 Å². The van der Waals surface area contributed by atoms with Crippen LogP contribution in [0.2, 0.25) is 0 Å². The molecule has 3 nitrogen and oxygen atoms in total. The number of hydrogen-bond acceptors (Lipinski definition) is 2. The van der Waals surface area contributed by atoms with E-state index in [-0.39, 0.29) is 0 Å². The Morgan fingerprint density at radius 1 is 1.00 bits per heavy atom. The molecule has 0 aliphatic heterocycles. The smallest absolute Gasteiger partial charge is 0.216 e. The van der Waals surface area contributed by atoms with Crippen molar-refractivity contribution in [2.45, 2.75) is 11.7 Å². The fourth-order valence-corrected chi connectivity index (χ4v) is 3.15. The lowest BCUT2D eigenvalue weighted by atomic mass is 10.0. The molecular weight excluding hydrogens is 326 g/mol. The number of benzene rings is 2. The summed E-state index contributed by atoms with van der Waals surface area (Å²) in [5, 5.41) is 4.64. The summed E-state index contributed by atoms with van der Waals surface area (Å²) >= 11 is 3.33. The third kappa shape index (κ3) is 3.89. The molecule has 0 bridgehead atoms. The van der Waals surface area contributed by atoms with Gasteiger partial charge in [-0.3, -0.25) is 0 Å². The average molecular weight is 340 g/mol. The molecule has 2 rings (SSSR count). The SMILES string of the molecule is NS(=O)(=O)C(Cc1ccccc1)c1ccc(Br)cc1. The van der Waals surface area contributed by atoms with E-state index in [1.54, 1.807) is 12.1 Å². The van der Waals surface area contributed by atoms with E-state index in [4.69, 9.17) is 5.14 Å². The lowest BCUT2D eigenvalue weighted by Gasteiger charge is -2.15. The maximum absolute atomic E-state index is 11.8. The van der Waals surface area contributed by atoms with Crippen LogP contribution in [0.3, 0.4) is 0 Å². The van der Waals surface area contributed by atoms with Crippen LogP contribution in [0.5, 0.6) is 0 Å². The third-order valence-corrected chi connectivity index (χ3v) is 4.66. The molecule has 0 saturated heterocycles. The van der Waals surface area contributed by atoms with E-state index >= 15 is 0 Å². The predicted molar refractivity (Wildman–Crippen MR) is 80.1 cm³/mol. The monoisotopic (exact) mass is 339 g/mol. The zero-order chi connectivity index (χ0) is 13.9. The molecule has 2 aromatic carbocycles. The zero-order valence-electron chi connectivity index (χ0n) is 10.2. The summed E-state index contributed by atoms with van der Waals surface area (Å²) in [6.45, 7) is 0. The highest BCUT2D eigenvalue weighted by Crippen LogP contribution is 2.26. The molecule has 0 spiro atoms. The quantitative estimate of drug-likeness (QED) is 0.930. The van der Waals surface area contributed by atoms with Gasteiger partial charge < -0.3 is 0 Å². The largest absolute Gasteiger partial charge is 0.228 e. The summed E-state index contributed by atoms with van der Waals surface area (Å²) in [7, 11) is -3.64. The van der Waals surface area contributed by atoms with Gasteiger partial charge in [-0.1, -0.05) is 58.4 Å². The van der Waals surface area contributed by atoms with E-state index in [1.165, 1.54) is 0 Å². The van der Waals surface area contributed by atoms with Crippen molar-refractivity contribution in [3.05, 3.63) is 70.2 Å². The maximum atomic E-state index is 11.8. The molecule has 0 aromatic heterocycles. The van der Waals surface area contributed by atoms with Crippen LogP contribution in [-0.4, -0.2) is 8.42 Å². The average Bonchev–Trinajstić information content (AvgIpc) is 2.37. The first kappa shape index (κ1) is 14.2. The summed E-state index contributed by atoms with van der Waals surface area (Å²) in [5.74, 6) is 0. The summed E-state index contributed by atoms with van der Waals surface area (Å²) in [6.07, 6.45) is 0.376. The van der Waals surface area contributed by atoms with Gasteiger partial charge in [0.05, 0.1) is 0 Å². The number of primary sulfonamides is 1. The Balaban J connectivity index is 2.35. The molecule has 1 unspecified atom stereocenters. The highest BCUT2D eigenvalue weighted by atomic mass is 79.9. The molecule has 0 heterocycles. The second kappa shape index (κ2) is 5.86.